The van der Waals surface area contributed by atoms with Gasteiger partial charge in [0.2, 0.25) is 10.0 Å². The van der Waals surface area contributed by atoms with Crippen LogP contribution in [0.25, 0.3) is 16.3 Å². The Bertz CT molecular complexity index is 1360. The van der Waals surface area contributed by atoms with Gasteiger partial charge < -0.3 is 10.2 Å². The molecule has 2 N–H and O–H groups in total. The highest BCUT2D eigenvalue weighted by Crippen LogP contribution is 2.38. The highest BCUT2D eigenvalue weighted by Gasteiger charge is 2.42. The molecule has 2 fully saturated rings. The first-order valence-electron chi connectivity index (χ1n) is 11.3. The molecule has 3 atom stereocenters. The van der Waals surface area contributed by atoms with Crippen LogP contribution in [0, 0.1) is 0 Å². The van der Waals surface area contributed by atoms with Gasteiger partial charge in [0.05, 0.1) is 23.4 Å². The molecule has 4 heterocycles. The lowest BCUT2D eigenvalue weighted by molar-refractivity contribution is 0.150. The zero-order chi connectivity index (χ0) is 25.1. The lowest BCUT2D eigenvalue weighted by Gasteiger charge is -2.44. The molecular weight excluding hydrogens is 503 g/mol. The predicted octanol–water partition coefficient (Wildman–Crippen LogP) is 3.15. The maximum atomic E-state index is 13.6. The maximum Gasteiger partial charge on any atom is 0.291 e. The van der Waals surface area contributed by atoms with Gasteiger partial charge in [0.15, 0.2) is 15.8 Å². The van der Waals surface area contributed by atoms with E-state index in [-0.39, 0.29) is 27.8 Å². The van der Waals surface area contributed by atoms with Gasteiger partial charge in [-0.25, -0.2) is 31.3 Å². The summed E-state index contributed by atoms with van der Waals surface area (Å²) in [6.45, 7) is 5.51. The van der Waals surface area contributed by atoms with Gasteiger partial charge in [-0.05, 0) is 39.7 Å². The third kappa shape index (κ3) is 4.52. The van der Waals surface area contributed by atoms with Crippen molar-refractivity contribution in [3.05, 3.63) is 23.5 Å². The standard InChI is InChI=1S/C21H26F3N7O2S2/c1-11-12(2)30(9-13(7-22)26-11)15-6-14(35(32,33)29-21(3)4-5-21)10-31-16(15)8-25-18(31)20-28-27-19(34-20)17(23)24/h6,8,10-13,17,26,29H,4-5,7,9H2,1-3H3. The number of aromatic nitrogens is 4. The summed E-state index contributed by atoms with van der Waals surface area (Å²) in [6, 6.07) is 0.999. The molecule has 0 spiro atoms. The zero-order valence-corrected chi connectivity index (χ0v) is 21.0. The third-order valence-electron chi connectivity index (χ3n) is 6.73. The SMILES string of the molecule is CC1NC(CF)CN(c2cc(S(=O)(=O)NC3(C)CC3)cn3c(-c4nnc(C(F)F)s4)ncc23)C1C. The number of piperazine rings is 1. The summed E-state index contributed by atoms with van der Waals surface area (Å²) in [5.41, 5.74) is 0.627. The Labute approximate surface area is 204 Å². The summed E-state index contributed by atoms with van der Waals surface area (Å²) >= 11 is 0.699. The number of pyridine rings is 1. The fraction of sp³-hybridized carbons (Fsp3) is 0.571. The molecule has 3 aromatic heterocycles. The van der Waals surface area contributed by atoms with Crippen LogP contribution < -0.4 is 14.9 Å². The van der Waals surface area contributed by atoms with Crippen molar-refractivity contribution < 1.29 is 21.6 Å². The molecule has 1 saturated carbocycles. The molecule has 190 valence electrons. The molecule has 35 heavy (non-hydrogen) atoms. The smallest absolute Gasteiger partial charge is 0.291 e. The van der Waals surface area contributed by atoms with E-state index in [9.17, 15) is 21.6 Å². The normalized spacial score (nSPS) is 24.4. The van der Waals surface area contributed by atoms with Crippen LogP contribution in [0.5, 0.6) is 0 Å². The molecule has 0 amide bonds. The lowest BCUT2D eigenvalue weighted by Crippen LogP contribution is -2.61. The molecule has 9 nitrogen and oxygen atoms in total. The fourth-order valence-corrected chi connectivity index (χ4v) is 6.50. The number of halogens is 3. The van der Waals surface area contributed by atoms with Crippen LogP contribution in [-0.4, -0.2) is 64.9 Å². The van der Waals surface area contributed by atoms with Crippen molar-refractivity contribution in [2.45, 2.75) is 68.6 Å². The first kappa shape index (κ1) is 24.4. The molecule has 1 saturated heterocycles. The molecular formula is C21H26F3N7O2S2. The summed E-state index contributed by atoms with van der Waals surface area (Å²) in [6.07, 6.45) is 1.67. The summed E-state index contributed by atoms with van der Waals surface area (Å²) < 4.78 is 70.9. The van der Waals surface area contributed by atoms with E-state index in [0.29, 0.717) is 29.1 Å². The largest absolute Gasteiger partial charge is 0.364 e. The van der Waals surface area contributed by atoms with Gasteiger partial charge >= 0.3 is 0 Å². The van der Waals surface area contributed by atoms with E-state index in [1.165, 1.54) is 6.20 Å². The number of anilines is 1. The van der Waals surface area contributed by atoms with Crippen LogP contribution in [0.15, 0.2) is 23.4 Å². The van der Waals surface area contributed by atoms with Gasteiger partial charge in [0.1, 0.15) is 11.6 Å². The minimum absolute atomic E-state index is 0.00107. The van der Waals surface area contributed by atoms with E-state index < -0.39 is 39.7 Å². The average molecular weight is 530 g/mol. The van der Waals surface area contributed by atoms with Crippen LogP contribution in [0.1, 0.15) is 45.0 Å². The van der Waals surface area contributed by atoms with E-state index in [1.54, 1.807) is 16.7 Å². The molecule has 0 aromatic carbocycles. The Balaban J connectivity index is 1.68. The molecule has 1 aliphatic heterocycles. The molecule has 1 aliphatic carbocycles. The predicted molar refractivity (Wildman–Crippen MR) is 126 cm³/mol. The Morgan fingerprint density at radius 3 is 2.69 bits per heavy atom. The number of sulfonamides is 1. The van der Waals surface area contributed by atoms with Crippen molar-refractivity contribution in [1.29, 1.82) is 0 Å². The van der Waals surface area contributed by atoms with Gasteiger partial charge in [-0.3, -0.25) is 4.40 Å². The number of hydrogen-bond donors (Lipinski definition) is 2. The number of hydrogen-bond acceptors (Lipinski definition) is 8. The summed E-state index contributed by atoms with van der Waals surface area (Å²) in [5, 5.41) is 10.3. The second kappa shape index (κ2) is 8.68. The van der Waals surface area contributed by atoms with Gasteiger partial charge in [-0.2, -0.15) is 0 Å². The topological polar surface area (TPSA) is 105 Å². The Hall–Kier alpha value is -2.29. The van der Waals surface area contributed by atoms with Crippen molar-refractivity contribution in [2.75, 3.05) is 18.1 Å². The zero-order valence-electron chi connectivity index (χ0n) is 19.4. The number of rotatable bonds is 7. The summed E-state index contributed by atoms with van der Waals surface area (Å²) in [5.74, 6) is 0.207. The quantitative estimate of drug-likeness (QED) is 0.485. The molecule has 5 rings (SSSR count). The Morgan fingerprint density at radius 2 is 2.06 bits per heavy atom. The van der Waals surface area contributed by atoms with Crippen molar-refractivity contribution >= 4 is 32.6 Å². The Morgan fingerprint density at radius 1 is 1.31 bits per heavy atom. The van der Waals surface area contributed by atoms with Crippen molar-refractivity contribution in [3.8, 4) is 10.8 Å². The number of alkyl halides is 3. The number of nitrogens with one attached hydrogen (secondary N) is 2. The molecule has 0 bridgehead atoms. The van der Waals surface area contributed by atoms with E-state index in [4.69, 9.17) is 0 Å². The van der Waals surface area contributed by atoms with Gasteiger partial charge in [-0.1, -0.05) is 11.3 Å². The highest BCUT2D eigenvalue weighted by molar-refractivity contribution is 7.89. The minimum Gasteiger partial charge on any atom is -0.364 e. The van der Waals surface area contributed by atoms with Crippen molar-refractivity contribution in [1.82, 2.24) is 29.6 Å². The fourth-order valence-electron chi connectivity index (χ4n) is 4.32. The number of fused-ring (bicyclic) bond motifs is 1. The molecule has 2 aliphatic rings. The lowest BCUT2D eigenvalue weighted by atomic mass is 10.0. The number of nitrogens with zero attached hydrogens (tertiary/aromatic N) is 5. The first-order chi connectivity index (χ1) is 16.5. The molecule has 14 heteroatoms. The minimum atomic E-state index is -3.91. The molecule has 0 radical (unpaired) electrons. The highest BCUT2D eigenvalue weighted by atomic mass is 32.2. The van der Waals surface area contributed by atoms with Crippen LogP contribution in [0.3, 0.4) is 0 Å². The average Bonchev–Trinajstić information content (AvgIpc) is 3.19. The summed E-state index contributed by atoms with van der Waals surface area (Å²) in [7, 11) is -3.91. The van der Waals surface area contributed by atoms with Crippen LogP contribution >= 0.6 is 11.3 Å². The van der Waals surface area contributed by atoms with Gasteiger partial charge in [0, 0.05) is 30.4 Å². The molecule has 3 unspecified atom stereocenters. The Kier molecular flexibility index (Phi) is 6.05. The van der Waals surface area contributed by atoms with Crippen LogP contribution in [0.2, 0.25) is 0 Å². The van der Waals surface area contributed by atoms with Crippen molar-refractivity contribution in [2.24, 2.45) is 0 Å². The maximum absolute atomic E-state index is 13.6. The van der Waals surface area contributed by atoms with Gasteiger partial charge in [0.25, 0.3) is 6.43 Å². The first-order valence-corrected chi connectivity index (χ1v) is 13.6. The second-order valence-electron chi connectivity index (χ2n) is 9.51. The van der Waals surface area contributed by atoms with Crippen LogP contribution in [0.4, 0.5) is 18.9 Å². The number of imidazole rings is 1. The molecule has 3 aromatic rings. The van der Waals surface area contributed by atoms with E-state index in [2.05, 4.69) is 25.2 Å². The van der Waals surface area contributed by atoms with E-state index in [1.807, 2.05) is 25.7 Å². The monoisotopic (exact) mass is 529 g/mol. The third-order valence-corrected chi connectivity index (χ3v) is 9.26. The second-order valence-corrected chi connectivity index (χ2v) is 12.2. The van der Waals surface area contributed by atoms with E-state index in [0.717, 1.165) is 12.8 Å². The van der Waals surface area contributed by atoms with E-state index >= 15 is 0 Å². The van der Waals surface area contributed by atoms with Crippen molar-refractivity contribution in [3.63, 3.8) is 0 Å². The van der Waals surface area contributed by atoms with Gasteiger partial charge in [-0.15, -0.1) is 10.2 Å². The van der Waals surface area contributed by atoms with Crippen LogP contribution in [-0.2, 0) is 10.0 Å². The summed E-state index contributed by atoms with van der Waals surface area (Å²) in [4.78, 5) is 6.35.